The fraction of sp³-hybridized carbons (Fsp3) is 0.750. The van der Waals surface area contributed by atoms with Crippen LogP contribution in [-0.2, 0) is 0 Å². The third kappa shape index (κ3) is 2.48. The lowest BCUT2D eigenvalue weighted by Crippen LogP contribution is -2.52. The highest BCUT2D eigenvalue weighted by atomic mass is 32.1. The van der Waals surface area contributed by atoms with E-state index >= 15 is 0 Å². The van der Waals surface area contributed by atoms with Gasteiger partial charge in [0.05, 0.1) is 5.54 Å². The van der Waals surface area contributed by atoms with Gasteiger partial charge < -0.3 is 5.11 Å². The van der Waals surface area contributed by atoms with Gasteiger partial charge in [0.25, 0.3) is 0 Å². The molecule has 1 aliphatic carbocycles. The van der Waals surface area contributed by atoms with Crippen LogP contribution in [0.3, 0.4) is 0 Å². The first-order valence-electron chi connectivity index (χ1n) is 7.72. The molecule has 0 bridgehead atoms. The molecule has 1 unspecified atom stereocenters. The Labute approximate surface area is 120 Å². The number of thiophene rings is 1. The van der Waals surface area contributed by atoms with Gasteiger partial charge in [0.1, 0.15) is 6.10 Å². The first kappa shape index (κ1) is 13.6. The summed E-state index contributed by atoms with van der Waals surface area (Å²) in [6.45, 7) is 4.49. The van der Waals surface area contributed by atoms with E-state index in [1.807, 2.05) is 0 Å². The fourth-order valence-corrected chi connectivity index (χ4v) is 4.93. The van der Waals surface area contributed by atoms with E-state index in [2.05, 4.69) is 24.0 Å². The molecular weight excluding hydrogens is 254 g/mol. The molecule has 0 aromatic carbocycles. The minimum absolute atomic E-state index is 0.0394. The smallest absolute Gasteiger partial charge is 0.106 e. The maximum Gasteiger partial charge on any atom is 0.106 e. The van der Waals surface area contributed by atoms with Crippen LogP contribution in [0.1, 0.15) is 60.8 Å². The van der Waals surface area contributed by atoms with Crippen molar-refractivity contribution in [2.45, 2.75) is 63.5 Å². The van der Waals surface area contributed by atoms with Gasteiger partial charge in [-0.1, -0.05) is 19.3 Å². The number of likely N-dealkylation sites (tertiary alicyclic amines) is 1. The minimum atomic E-state index is -0.285. The van der Waals surface area contributed by atoms with E-state index in [4.69, 9.17) is 0 Å². The van der Waals surface area contributed by atoms with Crippen LogP contribution in [0, 0.1) is 6.92 Å². The van der Waals surface area contributed by atoms with Crippen LogP contribution in [0.4, 0.5) is 0 Å². The Morgan fingerprint density at radius 3 is 2.37 bits per heavy atom. The molecule has 3 rings (SSSR count). The normalized spacial score (nSPS) is 25.6. The lowest BCUT2D eigenvalue weighted by Gasteiger charge is -2.46. The van der Waals surface area contributed by atoms with Gasteiger partial charge in [0.15, 0.2) is 0 Å². The van der Waals surface area contributed by atoms with Gasteiger partial charge in [-0.15, -0.1) is 11.3 Å². The summed E-state index contributed by atoms with van der Waals surface area (Å²) in [7, 11) is 0. The van der Waals surface area contributed by atoms with Crippen molar-refractivity contribution in [1.29, 1.82) is 0 Å². The summed E-state index contributed by atoms with van der Waals surface area (Å²) < 4.78 is 0. The van der Waals surface area contributed by atoms with E-state index in [0.717, 1.165) is 0 Å². The van der Waals surface area contributed by atoms with Gasteiger partial charge in [0, 0.05) is 9.75 Å². The first-order valence-corrected chi connectivity index (χ1v) is 8.53. The van der Waals surface area contributed by atoms with Crippen LogP contribution in [-0.4, -0.2) is 28.6 Å². The topological polar surface area (TPSA) is 23.5 Å². The number of hydrogen-bond acceptors (Lipinski definition) is 3. The lowest BCUT2D eigenvalue weighted by atomic mass is 9.85. The molecule has 2 nitrogen and oxygen atoms in total. The van der Waals surface area contributed by atoms with Crippen molar-refractivity contribution in [3.05, 3.63) is 21.9 Å². The lowest BCUT2D eigenvalue weighted by molar-refractivity contribution is -0.0388. The average molecular weight is 279 g/mol. The van der Waals surface area contributed by atoms with E-state index in [0.29, 0.717) is 0 Å². The van der Waals surface area contributed by atoms with E-state index < -0.39 is 0 Å². The standard InChI is InChI=1S/C16H25NOS/c1-13-7-8-14(19-13)15(18)16(9-3-4-10-16)17-11-5-2-6-12-17/h7-8,15,18H,2-6,9-12H2,1H3. The number of aryl methyl sites for hydroxylation is 1. The number of piperidine rings is 1. The molecule has 0 amide bonds. The summed E-state index contributed by atoms with van der Waals surface area (Å²) in [6.07, 6.45) is 8.58. The third-order valence-electron chi connectivity index (χ3n) is 4.99. The Kier molecular flexibility index (Phi) is 3.97. The highest BCUT2D eigenvalue weighted by molar-refractivity contribution is 7.12. The van der Waals surface area contributed by atoms with Crippen LogP contribution >= 0.6 is 11.3 Å². The van der Waals surface area contributed by atoms with Crippen molar-refractivity contribution >= 4 is 11.3 Å². The Morgan fingerprint density at radius 1 is 1.11 bits per heavy atom. The number of hydrogen-bond donors (Lipinski definition) is 1. The highest BCUT2D eigenvalue weighted by Gasteiger charge is 2.46. The zero-order valence-corrected chi connectivity index (χ0v) is 12.7. The molecule has 3 heteroatoms. The van der Waals surface area contributed by atoms with E-state index in [9.17, 15) is 5.11 Å². The van der Waals surface area contributed by atoms with Crippen molar-refractivity contribution in [2.75, 3.05) is 13.1 Å². The fourth-order valence-electron chi connectivity index (χ4n) is 3.95. The summed E-state index contributed by atoms with van der Waals surface area (Å²) in [4.78, 5) is 5.09. The van der Waals surface area contributed by atoms with E-state index in [1.54, 1.807) is 11.3 Å². The number of aliphatic hydroxyl groups is 1. The van der Waals surface area contributed by atoms with Crippen molar-refractivity contribution < 1.29 is 5.11 Å². The predicted octanol–water partition coefficient (Wildman–Crippen LogP) is 3.89. The number of aliphatic hydroxyl groups excluding tert-OH is 1. The molecule has 1 atom stereocenters. The van der Waals surface area contributed by atoms with Crippen molar-refractivity contribution in [1.82, 2.24) is 4.90 Å². The first-order chi connectivity index (χ1) is 9.22. The van der Waals surface area contributed by atoms with Gasteiger partial charge in [0.2, 0.25) is 0 Å². The Bertz CT molecular complexity index is 416. The molecule has 0 spiro atoms. The Balaban J connectivity index is 1.86. The monoisotopic (exact) mass is 279 g/mol. The maximum atomic E-state index is 11.0. The van der Waals surface area contributed by atoms with E-state index in [1.165, 1.54) is 67.8 Å². The molecule has 0 radical (unpaired) electrons. The molecule has 1 aromatic heterocycles. The van der Waals surface area contributed by atoms with Crippen molar-refractivity contribution in [2.24, 2.45) is 0 Å². The highest BCUT2D eigenvalue weighted by Crippen LogP contribution is 2.46. The van der Waals surface area contributed by atoms with Crippen LogP contribution in [0.25, 0.3) is 0 Å². The molecule has 1 N–H and O–H groups in total. The molecule has 2 fully saturated rings. The Morgan fingerprint density at radius 2 is 1.79 bits per heavy atom. The molecular formula is C16H25NOS. The van der Waals surface area contributed by atoms with Gasteiger partial charge in [-0.3, -0.25) is 4.90 Å². The second-order valence-corrected chi connectivity index (χ2v) is 7.53. The predicted molar refractivity (Wildman–Crippen MR) is 80.6 cm³/mol. The van der Waals surface area contributed by atoms with Gasteiger partial charge >= 0.3 is 0 Å². The SMILES string of the molecule is Cc1ccc(C(O)C2(N3CCCCC3)CCCC2)s1. The van der Waals surface area contributed by atoms with Gasteiger partial charge in [-0.05, 0) is 57.8 Å². The third-order valence-corrected chi connectivity index (χ3v) is 6.05. The minimum Gasteiger partial charge on any atom is -0.386 e. The summed E-state index contributed by atoms with van der Waals surface area (Å²) in [5.41, 5.74) is 0.0394. The van der Waals surface area contributed by atoms with E-state index in [-0.39, 0.29) is 11.6 Å². The number of rotatable bonds is 3. The summed E-state index contributed by atoms with van der Waals surface area (Å²) in [5.74, 6) is 0. The van der Waals surface area contributed by atoms with Crippen LogP contribution in [0.15, 0.2) is 12.1 Å². The molecule has 1 aliphatic heterocycles. The second kappa shape index (κ2) is 5.55. The van der Waals surface area contributed by atoms with Crippen molar-refractivity contribution in [3.8, 4) is 0 Å². The van der Waals surface area contributed by atoms with Gasteiger partial charge in [-0.25, -0.2) is 0 Å². The molecule has 1 saturated carbocycles. The largest absolute Gasteiger partial charge is 0.386 e. The summed E-state index contributed by atoms with van der Waals surface area (Å²) >= 11 is 1.77. The second-order valence-electron chi connectivity index (χ2n) is 6.21. The zero-order chi connectivity index (χ0) is 13.3. The van der Waals surface area contributed by atoms with Crippen LogP contribution in [0.2, 0.25) is 0 Å². The maximum absolute atomic E-state index is 11.0. The molecule has 106 valence electrons. The number of nitrogens with zero attached hydrogens (tertiary/aromatic N) is 1. The summed E-state index contributed by atoms with van der Waals surface area (Å²) in [5, 5.41) is 11.0. The average Bonchev–Trinajstić information content (AvgIpc) is 3.08. The molecule has 19 heavy (non-hydrogen) atoms. The van der Waals surface area contributed by atoms with Gasteiger partial charge in [-0.2, -0.15) is 0 Å². The molecule has 2 aliphatic rings. The van der Waals surface area contributed by atoms with Crippen LogP contribution < -0.4 is 0 Å². The molecule has 1 saturated heterocycles. The van der Waals surface area contributed by atoms with Crippen molar-refractivity contribution in [3.63, 3.8) is 0 Å². The quantitative estimate of drug-likeness (QED) is 0.907. The Hall–Kier alpha value is -0.380. The molecule has 1 aromatic rings. The summed E-state index contributed by atoms with van der Waals surface area (Å²) in [6, 6.07) is 4.27. The zero-order valence-electron chi connectivity index (χ0n) is 11.9. The van der Waals surface area contributed by atoms with Crippen LogP contribution in [0.5, 0.6) is 0 Å². The molecule has 2 heterocycles.